The summed E-state index contributed by atoms with van der Waals surface area (Å²) in [7, 11) is 0. The fourth-order valence-electron chi connectivity index (χ4n) is 2.45. The Balaban J connectivity index is 2.74. The monoisotopic (exact) mass is 453 g/mol. The lowest BCUT2D eigenvalue weighted by atomic mass is 9.84. The van der Waals surface area contributed by atoms with Crippen molar-refractivity contribution in [2.45, 2.75) is 45.6 Å². The highest BCUT2D eigenvalue weighted by molar-refractivity contribution is 14.1. The minimum absolute atomic E-state index is 0.282. The predicted octanol–water partition coefficient (Wildman–Crippen LogP) is 4.89. The van der Waals surface area contributed by atoms with E-state index >= 15 is 0 Å². The first kappa shape index (κ1) is 17.8. The van der Waals surface area contributed by atoms with Gasteiger partial charge in [-0.15, -0.1) is 0 Å². The smallest absolute Gasteiger partial charge is 0.405 e. The molecule has 0 aliphatic carbocycles. The number of rotatable bonds is 6. The van der Waals surface area contributed by atoms with E-state index in [0.29, 0.717) is 0 Å². The molecular formula is C15H21BrINO2. The van der Waals surface area contributed by atoms with Gasteiger partial charge in [0.05, 0.1) is 0 Å². The van der Waals surface area contributed by atoms with Gasteiger partial charge < -0.3 is 10.5 Å². The van der Waals surface area contributed by atoms with Gasteiger partial charge in [-0.3, -0.25) is 0 Å². The van der Waals surface area contributed by atoms with E-state index in [2.05, 4.69) is 57.6 Å². The molecule has 0 radical (unpaired) electrons. The molecule has 112 valence electrons. The highest BCUT2D eigenvalue weighted by Gasteiger charge is 2.31. The lowest BCUT2D eigenvalue weighted by Gasteiger charge is -2.33. The Bertz CT molecular complexity index is 477. The van der Waals surface area contributed by atoms with E-state index in [1.165, 1.54) is 9.13 Å². The maximum Gasteiger partial charge on any atom is 0.405 e. The fourth-order valence-corrected chi connectivity index (χ4v) is 3.46. The van der Waals surface area contributed by atoms with Crippen LogP contribution in [0, 0.1) is 9.49 Å². The summed E-state index contributed by atoms with van der Waals surface area (Å²) >= 11 is 5.85. The van der Waals surface area contributed by atoms with Gasteiger partial charge in [0, 0.05) is 8.04 Å². The summed E-state index contributed by atoms with van der Waals surface area (Å²) in [5.41, 5.74) is 5.94. The SMILES string of the molecule is CCC(CCc1cc(Br)ccc1I)C(C)(C)OC(N)=O. The van der Waals surface area contributed by atoms with Crippen LogP contribution in [0.15, 0.2) is 22.7 Å². The quantitative estimate of drug-likeness (QED) is 0.623. The predicted molar refractivity (Wildman–Crippen MR) is 93.7 cm³/mol. The second-order valence-electron chi connectivity index (χ2n) is 5.40. The number of hydrogen-bond donors (Lipinski definition) is 1. The van der Waals surface area contributed by atoms with Gasteiger partial charge in [-0.1, -0.05) is 22.9 Å². The molecular weight excluding hydrogens is 433 g/mol. The van der Waals surface area contributed by atoms with Crippen LogP contribution in [0.4, 0.5) is 4.79 Å². The number of nitrogens with two attached hydrogens (primary N) is 1. The summed E-state index contributed by atoms with van der Waals surface area (Å²) in [6.07, 6.45) is 2.17. The molecule has 0 heterocycles. The minimum atomic E-state index is -0.703. The van der Waals surface area contributed by atoms with Gasteiger partial charge in [-0.05, 0) is 85.4 Å². The van der Waals surface area contributed by atoms with Crippen molar-refractivity contribution in [1.82, 2.24) is 0 Å². The van der Waals surface area contributed by atoms with Gasteiger partial charge >= 0.3 is 6.09 Å². The molecule has 1 amide bonds. The molecule has 1 aromatic rings. The van der Waals surface area contributed by atoms with Crippen molar-refractivity contribution in [2.75, 3.05) is 0 Å². The van der Waals surface area contributed by atoms with Crippen LogP contribution >= 0.6 is 38.5 Å². The van der Waals surface area contributed by atoms with Gasteiger partial charge in [-0.25, -0.2) is 4.79 Å². The molecule has 0 saturated carbocycles. The summed E-state index contributed by atoms with van der Waals surface area (Å²) < 4.78 is 7.61. The summed E-state index contributed by atoms with van der Waals surface area (Å²) in [4.78, 5) is 11.0. The van der Waals surface area contributed by atoms with Crippen molar-refractivity contribution < 1.29 is 9.53 Å². The molecule has 0 aliphatic heterocycles. The van der Waals surface area contributed by atoms with Crippen molar-refractivity contribution in [1.29, 1.82) is 0 Å². The maximum atomic E-state index is 11.0. The second kappa shape index (κ2) is 7.64. The topological polar surface area (TPSA) is 52.3 Å². The second-order valence-corrected chi connectivity index (χ2v) is 7.48. The van der Waals surface area contributed by atoms with E-state index in [9.17, 15) is 4.79 Å². The standard InChI is InChI=1S/C15H21BrINO2/c1-4-11(15(2,3)20-14(18)19)6-5-10-9-12(16)7-8-13(10)17/h7-9,11H,4-6H2,1-3H3,(H2,18,19). The Morgan fingerprint density at radius 3 is 2.70 bits per heavy atom. The van der Waals surface area contributed by atoms with Gasteiger partial charge in [-0.2, -0.15) is 0 Å². The Labute approximate surface area is 142 Å². The van der Waals surface area contributed by atoms with Crippen LogP contribution in [0.25, 0.3) is 0 Å². The van der Waals surface area contributed by atoms with Crippen molar-refractivity contribution in [3.8, 4) is 0 Å². The summed E-state index contributed by atoms with van der Waals surface area (Å²) in [6.45, 7) is 5.97. The fraction of sp³-hybridized carbons (Fsp3) is 0.533. The number of carbonyl (C=O) groups is 1. The Morgan fingerprint density at radius 2 is 2.15 bits per heavy atom. The van der Waals surface area contributed by atoms with Gasteiger partial charge in [0.2, 0.25) is 0 Å². The zero-order valence-corrected chi connectivity index (χ0v) is 15.8. The van der Waals surface area contributed by atoms with E-state index in [4.69, 9.17) is 10.5 Å². The van der Waals surface area contributed by atoms with Crippen molar-refractivity contribution in [3.63, 3.8) is 0 Å². The van der Waals surface area contributed by atoms with Crippen LogP contribution in [0.1, 0.15) is 39.2 Å². The number of carbonyl (C=O) groups excluding carboxylic acids is 1. The van der Waals surface area contributed by atoms with Gasteiger partial charge in [0.15, 0.2) is 0 Å². The first-order valence-electron chi connectivity index (χ1n) is 6.68. The van der Waals surface area contributed by atoms with Crippen molar-refractivity contribution >= 4 is 44.6 Å². The molecule has 1 unspecified atom stereocenters. The summed E-state index contributed by atoms with van der Waals surface area (Å²) in [5.74, 6) is 0.282. The molecule has 0 aromatic heterocycles. The van der Waals surface area contributed by atoms with Crippen LogP contribution in [0.2, 0.25) is 0 Å². The molecule has 0 fully saturated rings. The third-order valence-electron chi connectivity index (χ3n) is 3.61. The number of primary amides is 1. The Hall–Kier alpha value is -0.300. The first-order valence-corrected chi connectivity index (χ1v) is 8.55. The molecule has 0 bridgehead atoms. The van der Waals surface area contributed by atoms with E-state index in [1.54, 1.807) is 0 Å². The van der Waals surface area contributed by atoms with E-state index in [1.807, 2.05) is 19.9 Å². The molecule has 1 rings (SSSR count). The van der Waals surface area contributed by atoms with E-state index in [-0.39, 0.29) is 5.92 Å². The van der Waals surface area contributed by atoms with E-state index < -0.39 is 11.7 Å². The number of halogens is 2. The number of aryl methyl sites for hydroxylation is 1. The molecule has 3 nitrogen and oxygen atoms in total. The van der Waals surface area contributed by atoms with Crippen molar-refractivity contribution in [3.05, 3.63) is 31.8 Å². The Morgan fingerprint density at radius 1 is 1.50 bits per heavy atom. The largest absolute Gasteiger partial charge is 0.443 e. The van der Waals surface area contributed by atoms with E-state index in [0.717, 1.165) is 23.7 Å². The maximum absolute atomic E-state index is 11.0. The zero-order chi connectivity index (χ0) is 15.3. The zero-order valence-electron chi connectivity index (χ0n) is 12.1. The molecule has 0 aliphatic rings. The number of benzene rings is 1. The lowest BCUT2D eigenvalue weighted by Crippen LogP contribution is -2.38. The normalized spacial score (nSPS) is 13.1. The highest BCUT2D eigenvalue weighted by Crippen LogP contribution is 2.30. The van der Waals surface area contributed by atoms with Crippen LogP contribution in [-0.4, -0.2) is 11.7 Å². The number of amides is 1. The molecule has 1 atom stereocenters. The third-order valence-corrected chi connectivity index (χ3v) is 5.16. The first-order chi connectivity index (χ1) is 9.26. The Kier molecular flexibility index (Phi) is 6.78. The van der Waals surface area contributed by atoms with Crippen LogP contribution in [0.5, 0.6) is 0 Å². The lowest BCUT2D eigenvalue weighted by molar-refractivity contribution is -0.00559. The van der Waals surface area contributed by atoms with Crippen molar-refractivity contribution in [2.24, 2.45) is 11.7 Å². The van der Waals surface area contributed by atoms with Gasteiger partial charge in [0.1, 0.15) is 5.60 Å². The minimum Gasteiger partial charge on any atom is -0.443 e. The van der Waals surface area contributed by atoms with Crippen LogP contribution in [-0.2, 0) is 11.2 Å². The molecule has 2 N–H and O–H groups in total. The number of hydrogen-bond acceptors (Lipinski definition) is 2. The molecule has 20 heavy (non-hydrogen) atoms. The highest BCUT2D eigenvalue weighted by atomic mass is 127. The number of ether oxygens (including phenoxy) is 1. The summed E-state index contributed by atoms with van der Waals surface area (Å²) in [5, 5.41) is 0. The third kappa shape index (κ3) is 5.24. The molecule has 1 aromatic carbocycles. The molecule has 0 saturated heterocycles. The summed E-state index contributed by atoms with van der Waals surface area (Å²) in [6, 6.07) is 6.30. The average Bonchev–Trinajstić information content (AvgIpc) is 2.32. The molecule has 5 heteroatoms. The van der Waals surface area contributed by atoms with Crippen LogP contribution < -0.4 is 5.73 Å². The van der Waals surface area contributed by atoms with Gasteiger partial charge in [0.25, 0.3) is 0 Å². The van der Waals surface area contributed by atoms with Crippen LogP contribution in [0.3, 0.4) is 0 Å². The average molecular weight is 454 g/mol. The molecule has 0 spiro atoms.